The number of hydrogen-bond acceptors (Lipinski definition) is 4. The molecule has 1 aromatic heterocycles. The molecular weight excluding hydrogens is 360 g/mol. The van der Waals surface area contributed by atoms with Gasteiger partial charge in [0.1, 0.15) is 0 Å². The molecule has 3 atom stereocenters. The van der Waals surface area contributed by atoms with Gasteiger partial charge in [-0.3, -0.25) is 9.78 Å². The Kier molecular flexibility index (Phi) is 4.32. The Morgan fingerprint density at radius 2 is 1.90 bits per heavy atom. The van der Waals surface area contributed by atoms with Gasteiger partial charge in [-0.05, 0) is 60.2 Å². The smallest absolute Gasteiger partial charge is 0.228 e. The third-order valence-electron chi connectivity index (χ3n) is 6.15. The van der Waals surface area contributed by atoms with Gasteiger partial charge in [-0.25, -0.2) is 5.43 Å². The molecule has 29 heavy (non-hydrogen) atoms. The van der Waals surface area contributed by atoms with Crippen LogP contribution in [0.15, 0.2) is 60.8 Å². The molecule has 3 heterocycles. The zero-order chi connectivity index (χ0) is 20.0. The third kappa shape index (κ3) is 3.17. The quantitative estimate of drug-likeness (QED) is 0.629. The highest BCUT2D eigenvalue weighted by Gasteiger charge is 2.34. The lowest BCUT2D eigenvalue weighted by atomic mass is 9.80. The van der Waals surface area contributed by atoms with Gasteiger partial charge >= 0.3 is 0 Å². The second-order valence-electron chi connectivity index (χ2n) is 8.03. The van der Waals surface area contributed by atoms with Crippen LogP contribution in [-0.2, 0) is 11.2 Å². The number of carbonyl (C=O) groups excluding carboxylic acids is 1. The summed E-state index contributed by atoms with van der Waals surface area (Å²) in [6.45, 7) is 4.15. The van der Waals surface area contributed by atoms with Crippen LogP contribution in [0.2, 0.25) is 0 Å². The molecule has 0 aliphatic carbocycles. The van der Waals surface area contributed by atoms with Gasteiger partial charge in [-0.15, -0.1) is 0 Å². The summed E-state index contributed by atoms with van der Waals surface area (Å²) >= 11 is 0. The highest BCUT2D eigenvalue weighted by Crippen LogP contribution is 2.41. The minimum atomic E-state index is -0.0770. The second-order valence-corrected chi connectivity index (χ2v) is 8.03. The molecule has 0 bridgehead atoms. The second kappa shape index (κ2) is 7.01. The van der Waals surface area contributed by atoms with Crippen LogP contribution in [0.1, 0.15) is 46.8 Å². The van der Waals surface area contributed by atoms with Gasteiger partial charge < -0.3 is 10.7 Å². The summed E-state index contributed by atoms with van der Waals surface area (Å²) in [4.78, 5) is 17.1. The van der Waals surface area contributed by atoms with Crippen LogP contribution in [0.25, 0.3) is 0 Å². The zero-order valence-electron chi connectivity index (χ0n) is 16.6. The SMILES string of the molecule is Cc1cc(C2NNc3cc4c(cc32)CC([C@H](C)c2ccccc2)C(=O)N4)ccn1. The predicted octanol–water partition coefficient (Wildman–Crippen LogP) is 4.32. The first kappa shape index (κ1) is 17.9. The maximum absolute atomic E-state index is 12.8. The summed E-state index contributed by atoms with van der Waals surface area (Å²) in [6, 6.07) is 18.8. The summed E-state index contributed by atoms with van der Waals surface area (Å²) in [5.41, 5.74) is 14.3. The largest absolute Gasteiger partial charge is 0.325 e. The van der Waals surface area contributed by atoms with E-state index < -0.39 is 0 Å². The van der Waals surface area contributed by atoms with Gasteiger partial charge in [0.05, 0.1) is 11.7 Å². The molecule has 2 unspecified atom stereocenters. The van der Waals surface area contributed by atoms with Crippen molar-refractivity contribution in [1.82, 2.24) is 10.4 Å². The first-order valence-corrected chi connectivity index (χ1v) is 10.1. The Hall–Kier alpha value is -3.18. The fourth-order valence-corrected chi connectivity index (χ4v) is 4.48. The zero-order valence-corrected chi connectivity index (χ0v) is 16.6. The summed E-state index contributed by atoms with van der Waals surface area (Å²) in [5, 5.41) is 3.14. The highest BCUT2D eigenvalue weighted by molar-refractivity contribution is 5.97. The van der Waals surface area contributed by atoms with E-state index in [-0.39, 0.29) is 23.8 Å². The van der Waals surface area contributed by atoms with Crippen molar-refractivity contribution in [1.29, 1.82) is 0 Å². The number of benzene rings is 2. The Morgan fingerprint density at radius 3 is 2.69 bits per heavy atom. The van der Waals surface area contributed by atoms with Gasteiger partial charge in [0.2, 0.25) is 5.91 Å². The molecule has 5 nitrogen and oxygen atoms in total. The van der Waals surface area contributed by atoms with Gasteiger partial charge in [0.25, 0.3) is 0 Å². The normalized spacial score (nSPS) is 21.0. The van der Waals surface area contributed by atoms with E-state index in [1.54, 1.807) is 0 Å². The fraction of sp³-hybridized carbons (Fsp3) is 0.250. The van der Waals surface area contributed by atoms with Crippen molar-refractivity contribution in [3.63, 3.8) is 0 Å². The average Bonchev–Trinajstić information content (AvgIpc) is 3.14. The standard InChI is InChI=1S/C24H24N4O/c1-14-10-17(8-9-25-14)23-20-12-18-11-19(15(2)16-6-4-3-5-7-16)24(29)26-21(18)13-22(20)27-28-23/h3-10,12-13,15,19,23,27-28H,11H2,1-2H3,(H,26,29)/t15-,19?,23?/m1/s1. The van der Waals surface area contributed by atoms with Crippen molar-refractivity contribution in [2.75, 3.05) is 10.7 Å². The fourth-order valence-electron chi connectivity index (χ4n) is 4.48. The maximum atomic E-state index is 12.8. The number of rotatable bonds is 3. The van der Waals surface area contributed by atoms with E-state index in [2.05, 4.69) is 52.3 Å². The first-order chi connectivity index (χ1) is 14.1. The number of aromatic nitrogens is 1. The number of aryl methyl sites for hydroxylation is 1. The number of anilines is 2. The van der Waals surface area contributed by atoms with E-state index in [4.69, 9.17) is 0 Å². The van der Waals surface area contributed by atoms with Crippen molar-refractivity contribution < 1.29 is 4.79 Å². The number of nitrogens with zero attached hydrogens (tertiary/aromatic N) is 1. The van der Waals surface area contributed by atoms with Gasteiger partial charge in [-0.2, -0.15) is 0 Å². The van der Waals surface area contributed by atoms with Crippen LogP contribution in [-0.4, -0.2) is 10.9 Å². The van der Waals surface area contributed by atoms with Crippen molar-refractivity contribution in [2.45, 2.75) is 32.2 Å². The van der Waals surface area contributed by atoms with E-state index in [0.717, 1.165) is 23.5 Å². The Bertz CT molecular complexity index is 1080. The lowest BCUT2D eigenvalue weighted by molar-refractivity contribution is -0.120. The predicted molar refractivity (Wildman–Crippen MR) is 115 cm³/mol. The molecule has 2 aliphatic heterocycles. The topological polar surface area (TPSA) is 66.0 Å². The lowest BCUT2D eigenvalue weighted by Gasteiger charge is -2.30. The van der Waals surface area contributed by atoms with Crippen molar-refractivity contribution in [3.8, 4) is 0 Å². The van der Waals surface area contributed by atoms with Crippen LogP contribution in [0.3, 0.4) is 0 Å². The molecule has 5 heteroatoms. The minimum Gasteiger partial charge on any atom is -0.325 e. The molecule has 0 fully saturated rings. The van der Waals surface area contributed by atoms with Crippen LogP contribution in [0.5, 0.6) is 0 Å². The summed E-state index contributed by atoms with van der Waals surface area (Å²) < 4.78 is 0. The van der Waals surface area contributed by atoms with E-state index in [1.807, 2.05) is 43.5 Å². The lowest BCUT2D eigenvalue weighted by Crippen LogP contribution is -2.33. The van der Waals surface area contributed by atoms with Gasteiger partial charge in [-0.1, -0.05) is 37.3 Å². The van der Waals surface area contributed by atoms with Gasteiger partial charge in [0.15, 0.2) is 0 Å². The average molecular weight is 384 g/mol. The number of nitrogens with one attached hydrogen (secondary N) is 3. The van der Waals surface area contributed by atoms with E-state index >= 15 is 0 Å². The molecule has 0 spiro atoms. The van der Waals surface area contributed by atoms with Crippen molar-refractivity contribution in [3.05, 3.63) is 88.7 Å². The molecule has 0 radical (unpaired) electrons. The van der Waals surface area contributed by atoms with Crippen LogP contribution in [0.4, 0.5) is 11.4 Å². The molecule has 3 aromatic rings. The Balaban J connectivity index is 1.48. The number of carbonyl (C=O) groups is 1. The van der Waals surface area contributed by atoms with E-state index in [1.165, 1.54) is 22.3 Å². The summed E-state index contributed by atoms with van der Waals surface area (Å²) in [7, 11) is 0. The van der Waals surface area contributed by atoms with E-state index in [9.17, 15) is 4.79 Å². The van der Waals surface area contributed by atoms with Crippen LogP contribution >= 0.6 is 0 Å². The number of amides is 1. The van der Waals surface area contributed by atoms with Gasteiger partial charge in [0, 0.05) is 29.1 Å². The molecule has 5 rings (SSSR count). The molecule has 2 aromatic carbocycles. The molecule has 1 amide bonds. The summed E-state index contributed by atoms with van der Waals surface area (Å²) in [5.74, 6) is 0.181. The molecular formula is C24H24N4O. The highest BCUT2D eigenvalue weighted by atomic mass is 16.2. The summed E-state index contributed by atoms with van der Waals surface area (Å²) in [6.07, 6.45) is 2.59. The molecule has 3 N–H and O–H groups in total. The maximum Gasteiger partial charge on any atom is 0.228 e. The van der Waals surface area contributed by atoms with Crippen molar-refractivity contribution in [2.24, 2.45) is 5.92 Å². The molecule has 0 saturated carbocycles. The Morgan fingerprint density at radius 1 is 1.07 bits per heavy atom. The third-order valence-corrected chi connectivity index (χ3v) is 6.15. The van der Waals surface area contributed by atoms with Crippen LogP contribution < -0.4 is 16.2 Å². The molecule has 2 aliphatic rings. The molecule has 0 saturated heterocycles. The van der Waals surface area contributed by atoms with E-state index in [0.29, 0.717) is 0 Å². The minimum absolute atomic E-state index is 0.0691. The first-order valence-electron chi connectivity index (χ1n) is 10.1. The monoisotopic (exact) mass is 384 g/mol. The number of pyridine rings is 1. The molecule has 146 valence electrons. The number of fused-ring (bicyclic) bond motifs is 2. The van der Waals surface area contributed by atoms with Crippen LogP contribution in [0, 0.1) is 12.8 Å². The number of hydrazine groups is 1. The Labute approximate surface area is 170 Å². The number of hydrogen-bond donors (Lipinski definition) is 3. The van der Waals surface area contributed by atoms with Crippen molar-refractivity contribution >= 4 is 17.3 Å².